The average Bonchev–Trinajstić information content (AvgIpc) is 3.60. The molecule has 4 heterocycles. The highest BCUT2D eigenvalue weighted by Crippen LogP contribution is 2.41. The number of amides is 3. The number of nitrogen functional groups attached to an aromatic ring is 1. The smallest absolute Gasteiger partial charge is 0.408 e. The van der Waals surface area contributed by atoms with Gasteiger partial charge in [-0.05, 0) is 33.3 Å². The summed E-state index contributed by atoms with van der Waals surface area (Å²) in [6, 6.07) is -1.12. The number of nitrogens with zero attached hydrogens (tertiary/aromatic N) is 6. The van der Waals surface area contributed by atoms with Crippen LogP contribution in [0.15, 0.2) is 20.8 Å². The minimum atomic E-state index is -1.40. The maximum absolute atomic E-state index is 13.1. The van der Waals surface area contributed by atoms with Gasteiger partial charge in [0.2, 0.25) is 17.6 Å². The molecule has 1 fully saturated rings. The number of ether oxygens (including phenoxy) is 1. The van der Waals surface area contributed by atoms with Gasteiger partial charge in [0.05, 0.1) is 6.54 Å². The van der Waals surface area contributed by atoms with Gasteiger partial charge in [-0.3, -0.25) is 14.5 Å². The molecule has 0 bridgehead atoms. The van der Waals surface area contributed by atoms with Crippen molar-refractivity contribution in [2.24, 2.45) is 5.16 Å². The number of hydrogen-bond donors (Lipinski definition) is 5. The molecule has 1 saturated heterocycles. The third-order valence-corrected chi connectivity index (χ3v) is 9.68. The normalized spacial score (nSPS) is 18.9. The first-order valence-corrected chi connectivity index (χ1v) is 16.5. The van der Waals surface area contributed by atoms with Crippen molar-refractivity contribution in [3.05, 3.63) is 22.1 Å². The third kappa shape index (κ3) is 8.38. The van der Waals surface area contributed by atoms with Gasteiger partial charge in [0.15, 0.2) is 9.47 Å². The van der Waals surface area contributed by atoms with E-state index in [0.717, 1.165) is 16.4 Å². The molecule has 0 saturated carbocycles. The molecule has 2 unspecified atom stereocenters. The van der Waals surface area contributed by atoms with E-state index in [-0.39, 0.29) is 34.7 Å². The fourth-order valence-electron chi connectivity index (χ4n) is 3.67. The molecule has 0 radical (unpaired) electrons. The van der Waals surface area contributed by atoms with Gasteiger partial charge in [-0.2, -0.15) is 9.36 Å². The van der Waals surface area contributed by atoms with Crippen molar-refractivity contribution in [1.29, 1.82) is 0 Å². The van der Waals surface area contributed by atoms with Gasteiger partial charge >= 0.3 is 18.0 Å². The maximum atomic E-state index is 13.1. The second-order valence-electron chi connectivity index (χ2n) is 10.2. The molecule has 6 N–H and O–H groups in total. The van der Waals surface area contributed by atoms with Crippen LogP contribution in [0.2, 0.25) is 0 Å². The van der Waals surface area contributed by atoms with Crippen LogP contribution in [0.1, 0.15) is 38.5 Å². The Morgan fingerprint density at radius 2 is 1.98 bits per heavy atom. The number of nitrogens with two attached hydrogens (primary N) is 1. The summed E-state index contributed by atoms with van der Waals surface area (Å²) < 4.78 is 9.62. The standard InChI is InChI=1S/C23H27N9O9S4/c1-8(18(35)36)41-30-11(14-27-20(24)45-31-14)15(33)26-12-16(34)32-13(19(37)38)9(6-42-17(12)32)7-43-22-29-28-10(44-22)5-25-21(39)40-23(2,3)4/h8,12,17H,5-7H2,1-4H3,(H,25,39)(H,26,33)(H,35,36)(H,37,38)(H2,24,27,31)/t8?,12?,17-/m0/s1. The second-order valence-corrected chi connectivity index (χ2v) is 14.4. The number of β-lactam (4-membered cyclic amide) rings is 1. The van der Waals surface area contributed by atoms with Crippen LogP contribution in [0.25, 0.3) is 0 Å². The zero-order valence-corrected chi connectivity index (χ0v) is 27.3. The number of alkyl carbamates (subject to hydrolysis) is 1. The predicted octanol–water partition coefficient (Wildman–Crippen LogP) is 0.721. The summed E-state index contributed by atoms with van der Waals surface area (Å²) in [7, 11) is 0. The number of fused-ring (bicyclic) bond motifs is 1. The number of carboxylic acids is 2. The number of carbonyl (C=O) groups excluding carboxylic acids is 3. The lowest BCUT2D eigenvalue weighted by Crippen LogP contribution is -2.71. The summed E-state index contributed by atoms with van der Waals surface area (Å²) in [4.78, 5) is 71.3. The lowest BCUT2D eigenvalue weighted by Gasteiger charge is -2.49. The van der Waals surface area contributed by atoms with E-state index in [4.69, 9.17) is 20.4 Å². The number of oxime groups is 1. The number of carbonyl (C=O) groups is 5. The number of hydrogen-bond acceptors (Lipinski definition) is 17. The van der Waals surface area contributed by atoms with Crippen molar-refractivity contribution in [3.8, 4) is 0 Å². The Bertz CT molecular complexity index is 1570. The molecular formula is C23H27N9O9S4. The van der Waals surface area contributed by atoms with Crippen LogP contribution in [0, 0.1) is 0 Å². The number of thioether (sulfide) groups is 2. The minimum Gasteiger partial charge on any atom is -0.478 e. The van der Waals surface area contributed by atoms with E-state index in [1.165, 1.54) is 41.8 Å². The van der Waals surface area contributed by atoms with Gasteiger partial charge in [0.1, 0.15) is 27.7 Å². The van der Waals surface area contributed by atoms with E-state index < -0.39 is 58.7 Å². The van der Waals surface area contributed by atoms with Crippen LogP contribution >= 0.6 is 46.4 Å². The highest BCUT2D eigenvalue weighted by molar-refractivity contribution is 8.01. The monoisotopic (exact) mass is 701 g/mol. The van der Waals surface area contributed by atoms with Crippen LogP contribution < -0.4 is 16.4 Å². The van der Waals surface area contributed by atoms with Crippen LogP contribution in [0.3, 0.4) is 0 Å². The molecular weight excluding hydrogens is 675 g/mol. The lowest BCUT2D eigenvalue weighted by atomic mass is 10.0. The molecule has 0 spiro atoms. The zero-order chi connectivity index (χ0) is 33.1. The first-order valence-electron chi connectivity index (χ1n) is 12.8. The fourth-order valence-corrected chi connectivity index (χ4v) is 7.43. The number of aromatic nitrogens is 4. The van der Waals surface area contributed by atoms with E-state index in [1.807, 2.05) is 0 Å². The molecule has 45 heavy (non-hydrogen) atoms. The van der Waals surface area contributed by atoms with Gasteiger partial charge in [-0.1, -0.05) is 28.3 Å². The lowest BCUT2D eigenvalue weighted by molar-refractivity contribution is -0.150. The summed E-state index contributed by atoms with van der Waals surface area (Å²) in [5.74, 6) is -4.06. The molecule has 3 atom stereocenters. The molecule has 0 aliphatic carbocycles. The summed E-state index contributed by atoms with van der Waals surface area (Å²) in [6.45, 7) is 6.53. The summed E-state index contributed by atoms with van der Waals surface area (Å²) in [5.41, 5.74) is 4.72. The topological polar surface area (TPSA) is 262 Å². The van der Waals surface area contributed by atoms with E-state index in [0.29, 0.717) is 14.9 Å². The van der Waals surface area contributed by atoms with Crippen molar-refractivity contribution in [2.75, 3.05) is 17.2 Å². The highest BCUT2D eigenvalue weighted by Gasteiger charge is 2.54. The largest absolute Gasteiger partial charge is 0.478 e. The average molecular weight is 702 g/mol. The highest BCUT2D eigenvalue weighted by atomic mass is 32.2. The SMILES string of the molecule is CC(ON=C(C(=O)NC1C(=O)N2C(C(=O)O)=C(CSc3nnc(CNC(=O)OC(C)(C)C)s3)CS[C@@H]12)c1nsc(N)n1)C(=O)O. The molecule has 22 heteroatoms. The minimum absolute atomic E-state index is 0.00868. The molecule has 2 aliphatic rings. The number of nitrogens with one attached hydrogen (secondary N) is 2. The summed E-state index contributed by atoms with van der Waals surface area (Å²) in [5, 5.41) is 35.6. The predicted molar refractivity (Wildman–Crippen MR) is 162 cm³/mol. The Labute approximate surface area is 271 Å². The van der Waals surface area contributed by atoms with Crippen LogP contribution in [-0.4, -0.2) is 105 Å². The Morgan fingerprint density at radius 1 is 1.24 bits per heavy atom. The number of carboxylic acid groups (broad SMARTS) is 2. The van der Waals surface area contributed by atoms with E-state index in [9.17, 15) is 29.1 Å². The maximum Gasteiger partial charge on any atom is 0.408 e. The first-order chi connectivity index (χ1) is 21.1. The molecule has 242 valence electrons. The summed E-state index contributed by atoms with van der Waals surface area (Å²) >= 11 is 4.46. The van der Waals surface area contributed by atoms with E-state index in [1.54, 1.807) is 20.8 Å². The van der Waals surface area contributed by atoms with Crippen molar-refractivity contribution in [1.82, 2.24) is 35.1 Å². The van der Waals surface area contributed by atoms with Gasteiger partial charge in [-0.25, -0.2) is 14.4 Å². The Hall–Kier alpha value is -4.02. The Balaban J connectivity index is 1.41. The molecule has 4 rings (SSSR count). The van der Waals surface area contributed by atoms with Gasteiger partial charge in [0.25, 0.3) is 11.8 Å². The zero-order valence-electron chi connectivity index (χ0n) is 24.0. The quantitative estimate of drug-likeness (QED) is 0.0883. The van der Waals surface area contributed by atoms with Crippen LogP contribution in [-0.2, 0) is 35.3 Å². The van der Waals surface area contributed by atoms with Crippen LogP contribution in [0.4, 0.5) is 9.93 Å². The van der Waals surface area contributed by atoms with Crippen molar-refractivity contribution >= 4 is 87.1 Å². The first kappa shape index (κ1) is 33.9. The van der Waals surface area contributed by atoms with Crippen LogP contribution in [0.5, 0.6) is 0 Å². The third-order valence-electron chi connectivity index (χ3n) is 5.66. The number of anilines is 1. The van der Waals surface area contributed by atoms with Crippen molar-refractivity contribution in [3.63, 3.8) is 0 Å². The fraction of sp³-hybridized carbons (Fsp3) is 0.478. The summed E-state index contributed by atoms with van der Waals surface area (Å²) in [6.07, 6.45) is -2.00. The second kappa shape index (κ2) is 14.0. The molecule has 18 nitrogen and oxygen atoms in total. The van der Waals surface area contributed by atoms with Crippen molar-refractivity contribution < 1.29 is 43.8 Å². The van der Waals surface area contributed by atoms with Crippen molar-refractivity contribution in [2.45, 2.75) is 61.7 Å². The molecule has 3 amide bonds. The van der Waals surface area contributed by atoms with Gasteiger partial charge in [-0.15, -0.1) is 22.0 Å². The van der Waals surface area contributed by atoms with Gasteiger partial charge < -0.3 is 36.2 Å². The van der Waals surface area contributed by atoms with E-state index >= 15 is 0 Å². The Morgan fingerprint density at radius 3 is 2.60 bits per heavy atom. The molecule has 0 aromatic carbocycles. The number of aliphatic carboxylic acids is 2. The van der Waals surface area contributed by atoms with E-state index in [2.05, 4.69) is 35.3 Å². The molecule has 2 aromatic heterocycles. The number of rotatable bonds is 12. The molecule has 2 aliphatic heterocycles. The van der Waals surface area contributed by atoms with Gasteiger partial charge in [0, 0.05) is 23.0 Å². The molecule has 2 aromatic rings. The Kier molecular flexibility index (Phi) is 10.5.